The van der Waals surface area contributed by atoms with Crippen molar-refractivity contribution in [3.63, 3.8) is 0 Å². The summed E-state index contributed by atoms with van der Waals surface area (Å²) >= 11 is 3.34. The molecule has 0 heterocycles. The topological polar surface area (TPSA) is 46.2 Å². The van der Waals surface area contributed by atoms with Gasteiger partial charge in [-0.3, -0.25) is 0 Å². The SMILES string of the molecule is CS(=O)(=O)NCCCCCCBr. The molecular formula is C7H16BrNO2S. The summed E-state index contributed by atoms with van der Waals surface area (Å²) < 4.78 is 23.7. The minimum atomic E-state index is -2.98. The molecule has 12 heavy (non-hydrogen) atoms. The van der Waals surface area contributed by atoms with Crippen LogP contribution < -0.4 is 4.72 Å². The third-order valence-electron chi connectivity index (χ3n) is 1.42. The molecule has 0 unspecified atom stereocenters. The minimum absolute atomic E-state index is 0.571. The average molecular weight is 258 g/mol. The van der Waals surface area contributed by atoms with Crippen LogP contribution in [0.5, 0.6) is 0 Å². The number of hydrogen-bond donors (Lipinski definition) is 1. The van der Waals surface area contributed by atoms with Crippen LogP contribution in [0.4, 0.5) is 0 Å². The van der Waals surface area contributed by atoms with Crippen LogP contribution in [0.1, 0.15) is 25.7 Å². The summed E-state index contributed by atoms with van der Waals surface area (Å²) in [4.78, 5) is 0. The predicted octanol–water partition coefficient (Wildman–Crippen LogP) is 1.49. The van der Waals surface area contributed by atoms with E-state index in [0.717, 1.165) is 24.6 Å². The molecule has 0 atom stereocenters. The fourth-order valence-corrected chi connectivity index (χ4v) is 1.74. The maximum absolute atomic E-state index is 10.6. The van der Waals surface area contributed by atoms with Crippen molar-refractivity contribution in [2.75, 3.05) is 18.1 Å². The predicted molar refractivity (Wildman–Crippen MR) is 55.1 cm³/mol. The second-order valence-corrected chi connectivity index (χ2v) is 5.40. The Kier molecular flexibility index (Phi) is 7.08. The Morgan fingerprint density at radius 3 is 2.25 bits per heavy atom. The monoisotopic (exact) mass is 257 g/mol. The van der Waals surface area contributed by atoms with Gasteiger partial charge in [-0.25, -0.2) is 13.1 Å². The Morgan fingerprint density at radius 2 is 1.75 bits per heavy atom. The van der Waals surface area contributed by atoms with E-state index in [9.17, 15) is 8.42 Å². The Morgan fingerprint density at radius 1 is 1.17 bits per heavy atom. The van der Waals surface area contributed by atoms with Crippen molar-refractivity contribution in [3.8, 4) is 0 Å². The molecule has 0 fully saturated rings. The first kappa shape index (κ1) is 12.4. The van der Waals surface area contributed by atoms with Crippen molar-refractivity contribution >= 4 is 26.0 Å². The van der Waals surface area contributed by atoms with E-state index in [1.165, 1.54) is 12.7 Å². The lowest BCUT2D eigenvalue weighted by Crippen LogP contribution is -2.22. The lowest BCUT2D eigenvalue weighted by atomic mass is 10.2. The van der Waals surface area contributed by atoms with Crippen LogP contribution in [0.3, 0.4) is 0 Å². The van der Waals surface area contributed by atoms with Crippen LogP contribution in [-0.2, 0) is 10.0 Å². The van der Waals surface area contributed by atoms with Gasteiger partial charge in [0.15, 0.2) is 0 Å². The largest absolute Gasteiger partial charge is 0.215 e. The molecule has 0 rings (SSSR count). The fraction of sp³-hybridized carbons (Fsp3) is 1.00. The summed E-state index contributed by atoms with van der Waals surface area (Å²) in [7, 11) is -2.98. The number of unbranched alkanes of at least 4 members (excludes halogenated alkanes) is 3. The second-order valence-electron chi connectivity index (χ2n) is 2.77. The smallest absolute Gasteiger partial charge is 0.208 e. The fourth-order valence-electron chi connectivity index (χ4n) is 0.831. The molecule has 0 aromatic carbocycles. The van der Waals surface area contributed by atoms with E-state index in [1.54, 1.807) is 0 Å². The molecule has 1 N–H and O–H groups in total. The molecular weight excluding hydrogens is 242 g/mol. The zero-order chi connectivity index (χ0) is 9.45. The van der Waals surface area contributed by atoms with Crippen LogP contribution in [-0.4, -0.2) is 26.5 Å². The molecule has 0 aromatic heterocycles. The van der Waals surface area contributed by atoms with Crippen molar-refractivity contribution in [2.24, 2.45) is 0 Å². The van der Waals surface area contributed by atoms with E-state index < -0.39 is 10.0 Å². The zero-order valence-electron chi connectivity index (χ0n) is 7.35. The first-order valence-corrected chi connectivity index (χ1v) is 7.08. The summed E-state index contributed by atoms with van der Waals surface area (Å²) in [6.45, 7) is 0.571. The van der Waals surface area contributed by atoms with Gasteiger partial charge in [0, 0.05) is 11.9 Å². The van der Waals surface area contributed by atoms with E-state index in [4.69, 9.17) is 0 Å². The Balaban J connectivity index is 3.12. The highest BCUT2D eigenvalue weighted by Crippen LogP contribution is 2.00. The molecule has 0 aliphatic rings. The first-order chi connectivity index (χ1) is 5.56. The van der Waals surface area contributed by atoms with Crippen molar-refractivity contribution in [1.82, 2.24) is 4.72 Å². The highest BCUT2D eigenvalue weighted by atomic mass is 79.9. The highest BCUT2D eigenvalue weighted by Gasteiger charge is 1.97. The molecule has 0 saturated carbocycles. The molecule has 0 radical (unpaired) electrons. The zero-order valence-corrected chi connectivity index (χ0v) is 9.75. The number of halogens is 1. The second kappa shape index (κ2) is 6.86. The summed E-state index contributed by atoms with van der Waals surface area (Å²) in [6, 6.07) is 0. The van der Waals surface area contributed by atoms with Gasteiger partial charge in [0.1, 0.15) is 0 Å². The van der Waals surface area contributed by atoms with Crippen LogP contribution in [0.2, 0.25) is 0 Å². The van der Waals surface area contributed by atoms with E-state index in [2.05, 4.69) is 20.7 Å². The normalized spacial score (nSPS) is 11.8. The van der Waals surface area contributed by atoms with Crippen LogP contribution in [0, 0.1) is 0 Å². The average Bonchev–Trinajstić information content (AvgIpc) is 1.94. The first-order valence-electron chi connectivity index (χ1n) is 4.07. The molecule has 0 aromatic rings. The molecule has 0 spiro atoms. The maximum Gasteiger partial charge on any atom is 0.208 e. The Bertz CT molecular complexity index is 192. The van der Waals surface area contributed by atoms with Gasteiger partial charge in [-0.1, -0.05) is 28.8 Å². The van der Waals surface area contributed by atoms with E-state index >= 15 is 0 Å². The van der Waals surface area contributed by atoms with E-state index in [0.29, 0.717) is 6.54 Å². The summed E-state index contributed by atoms with van der Waals surface area (Å²) in [5.74, 6) is 0. The van der Waals surface area contributed by atoms with Crippen LogP contribution in [0.25, 0.3) is 0 Å². The number of alkyl halides is 1. The van der Waals surface area contributed by atoms with Crippen LogP contribution in [0.15, 0.2) is 0 Å². The molecule has 5 heteroatoms. The molecule has 0 aliphatic carbocycles. The van der Waals surface area contributed by atoms with Crippen molar-refractivity contribution in [1.29, 1.82) is 0 Å². The van der Waals surface area contributed by atoms with Gasteiger partial charge in [0.05, 0.1) is 6.26 Å². The number of nitrogens with one attached hydrogen (secondary N) is 1. The number of rotatable bonds is 7. The molecule has 74 valence electrons. The van der Waals surface area contributed by atoms with Gasteiger partial charge >= 0.3 is 0 Å². The summed E-state index contributed by atoms with van der Waals surface area (Å²) in [5.41, 5.74) is 0. The van der Waals surface area contributed by atoms with Crippen molar-refractivity contribution < 1.29 is 8.42 Å². The lowest BCUT2D eigenvalue weighted by molar-refractivity contribution is 0.579. The molecule has 3 nitrogen and oxygen atoms in total. The van der Waals surface area contributed by atoms with Crippen molar-refractivity contribution in [2.45, 2.75) is 25.7 Å². The van der Waals surface area contributed by atoms with Gasteiger partial charge in [-0.2, -0.15) is 0 Å². The molecule has 0 aliphatic heterocycles. The Labute approximate surface area is 83.1 Å². The van der Waals surface area contributed by atoms with E-state index in [1.807, 2.05) is 0 Å². The van der Waals surface area contributed by atoms with Gasteiger partial charge < -0.3 is 0 Å². The van der Waals surface area contributed by atoms with Gasteiger partial charge in [0.25, 0.3) is 0 Å². The molecule has 0 bridgehead atoms. The quantitative estimate of drug-likeness (QED) is 0.555. The Hall–Kier alpha value is 0.390. The third-order valence-corrected chi connectivity index (χ3v) is 2.71. The summed E-state index contributed by atoms with van der Waals surface area (Å²) in [6.07, 6.45) is 5.54. The van der Waals surface area contributed by atoms with Gasteiger partial charge in [-0.05, 0) is 12.8 Å². The standard InChI is InChI=1S/C7H16BrNO2S/c1-12(10,11)9-7-5-3-2-4-6-8/h9H,2-7H2,1H3. The lowest BCUT2D eigenvalue weighted by Gasteiger charge is -2.00. The number of hydrogen-bond acceptors (Lipinski definition) is 2. The number of sulfonamides is 1. The third kappa shape index (κ3) is 10.4. The van der Waals surface area contributed by atoms with Gasteiger partial charge in [0.2, 0.25) is 10.0 Å². The molecule has 0 saturated heterocycles. The van der Waals surface area contributed by atoms with Gasteiger partial charge in [-0.15, -0.1) is 0 Å². The summed E-state index contributed by atoms with van der Waals surface area (Å²) in [5, 5.41) is 1.03. The van der Waals surface area contributed by atoms with Crippen LogP contribution >= 0.6 is 15.9 Å². The van der Waals surface area contributed by atoms with E-state index in [-0.39, 0.29) is 0 Å². The maximum atomic E-state index is 10.6. The molecule has 0 amide bonds. The van der Waals surface area contributed by atoms with Crippen molar-refractivity contribution in [3.05, 3.63) is 0 Å². The highest BCUT2D eigenvalue weighted by molar-refractivity contribution is 9.09. The minimum Gasteiger partial charge on any atom is -0.215 e.